The molecule has 1 heterocycles. The van der Waals surface area contributed by atoms with Crippen LogP contribution in [-0.2, 0) is 20.9 Å². The van der Waals surface area contributed by atoms with Crippen LogP contribution in [0.15, 0.2) is 47.5 Å². The quantitative estimate of drug-likeness (QED) is 0.294. The summed E-state index contributed by atoms with van der Waals surface area (Å²) < 4.78 is 63.4. The second-order valence-corrected chi connectivity index (χ2v) is 7.92. The summed E-state index contributed by atoms with van der Waals surface area (Å²) in [5.41, 5.74) is 9.73. The molecule has 8 nitrogen and oxygen atoms in total. The normalized spacial score (nSPS) is 19.3. The van der Waals surface area contributed by atoms with Gasteiger partial charge >= 0.3 is 6.18 Å². The maximum Gasteiger partial charge on any atom is 0.423 e. The summed E-state index contributed by atoms with van der Waals surface area (Å²) in [4.78, 5) is 28.9. The van der Waals surface area contributed by atoms with E-state index in [9.17, 15) is 27.2 Å². The number of rotatable bonds is 8. The van der Waals surface area contributed by atoms with Crippen LogP contribution >= 0.6 is 0 Å². The van der Waals surface area contributed by atoms with Gasteiger partial charge < -0.3 is 26.3 Å². The number of halogens is 4. The van der Waals surface area contributed by atoms with Crippen molar-refractivity contribution in [2.24, 2.45) is 10.7 Å². The Balaban J connectivity index is 1.82. The number of carbonyl (C=O) groups is 2. The van der Waals surface area contributed by atoms with Gasteiger partial charge in [0.2, 0.25) is 12.1 Å². The van der Waals surface area contributed by atoms with Crippen molar-refractivity contribution in [3.8, 4) is 5.75 Å². The van der Waals surface area contributed by atoms with Gasteiger partial charge in [-0.2, -0.15) is 13.2 Å². The molecule has 188 valence electrons. The minimum absolute atomic E-state index is 0.00228. The third-order valence-corrected chi connectivity index (χ3v) is 5.57. The number of hydrogen-bond donors (Lipinski definition) is 3. The second kappa shape index (κ2) is 10.3. The van der Waals surface area contributed by atoms with Crippen LogP contribution in [0.25, 0.3) is 0 Å². The number of primary amides is 1. The fraction of sp³-hybridized carbons (Fsp3) is 0.348. The van der Waals surface area contributed by atoms with Crippen molar-refractivity contribution in [3.63, 3.8) is 0 Å². The monoisotopic (exact) mass is 496 g/mol. The summed E-state index contributed by atoms with van der Waals surface area (Å²) in [5, 5.41) is 2.57. The van der Waals surface area contributed by atoms with Gasteiger partial charge in [-0.1, -0.05) is 24.3 Å². The molecule has 0 saturated carbocycles. The first-order valence-electron chi connectivity index (χ1n) is 10.5. The highest BCUT2D eigenvalue weighted by Crippen LogP contribution is 2.37. The molecule has 3 rings (SSSR count). The van der Waals surface area contributed by atoms with Crippen molar-refractivity contribution in [2.75, 3.05) is 26.0 Å². The van der Waals surface area contributed by atoms with E-state index in [-0.39, 0.29) is 54.5 Å². The number of nitrogens with one attached hydrogen (secondary N) is 1. The molecule has 1 aliphatic rings. The lowest BCUT2D eigenvalue weighted by atomic mass is 9.96. The zero-order valence-electron chi connectivity index (χ0n) is 18.7. The lowest BCUT2D eigenvalue weighted by molar-refractivity contribution is -0.183. The highest BCUT2D eigenvalue weighted by Gasteiger charge is 2.43. The average molecular weight is 496 g/mol. The van der Waals surface area contributed by atoms with Gasteiger partial charge in [0.05, 0.1) is 6.61 Å². The molecule has 1 aliphatic heterocycles. The molecule has 0 aliphatic carbocycles. The summed E-state index contributed by atoms with van der Waals surface area (Å²) in [6.07, 6.45) is -8.03. The van der Waals surface area contributed by atoms with Gasteiger partial charge in [-0.15, -0.1) is 0 Å². The molecule has 0 bridgehead atoms. The Bertz CT molecular complexity index is 1130. The first-order chi connectivity index (χ1) is 16.5. The molecule has 35 heavy (non-hydrogen) atoms. The van der Waals surface area contributed by atoms with Crippen LogP contribution in [0, 0.1) is 0 Å². The molecule has 2 amide bonds. The van der Waals surface area contributed by atoms with Crippen LogP contribution in [0.3, 0.4) is 0 Å². The van der Waals surface area contributed by atoms with E-state index in [4.69, 9.17) is 20.9 Å². The predicted molar refractivity (Wildman–Crippen MR) is 119 cm³/mol. The van der Waals surface area contributed by atoms with Crippen LogP contribution in [-0.4, -0.2) is 49.5 Å². The van der Waals surface area contributed by atoms with Crippen molar-refractivity contribution in [1.82, 2.24) is 5.32 Å². The standard InChI is InChI=1S/C23H24F4N4O4/c1-30-18(20(32)31-22(21(29)33)8-9-34-12-22)16-10-14(6-7-17(16)28)35-11-13-4-2-3-5-15(13)19(24)23(25,26)27/h2-7,10,19H,8-9,11-12,28H2,1H3,(H2,29,33)(H,31,32). The SMILES string of the molecule is CN=C(C(=O)NC1(C(N)=O)CCOC1)c1cc(OCc2ccccc2C(F)C(F)(F)F)ccc1N. The minimum atomic E-state index is -5.06. The number of nitrogens with two attached hydrogens (primary N) is 2. The number of nitrogens with zero attached hydrogens (tertiary/aromatic N) is 1. The van der Waals surface area contributed by atoms with Gasteiger partial charge in [-0.3, -0.25) is 14.6 Å². The highest BCUT2D eigenvalue weighted by atomic mass is 19.4. The third-order valence-electron chi connectivity index (χ3n) is 5.57. The van der Waals surface area contributed by atoms with E-state index in [1.165, 1.54) is 43.4 Å². The van der Waals surface area contributed by atoms with Crippen LogP contribution in [0.2, 0.25) is 0 Å². The molecule has 2 aromatic carbocycles. The van der Waals surface area contributed by atoms with Crippen LogP contribution in [0.5, 0.6) is 5.75 Å². The average Bonchev–Trinajstić information content (AvgIpc) is 3.29. The van der Waals surface area contributed by atoms with Gasteiger partial charge in [0, 0.05) is 36.9 Å². The van der Waals surface area contributed by atoms with Crippen molar-refractivity contribution in [1.29, 1.82) is 0 Å². The number of benzene rings is 2. The molecule has 0 aromatic heterocycles. The van der Waals surface area contributed by atoms with E-state index < -0.39 is 35.3 Å². The number of nitrogen functional groups attached to an aromatic ring is 1. The Hall–Kier alpha value is -3.67. The Kier molecular flexibility index (Phi) is 7.64. The van der Waals surface area contributed by atoms with E-state index in [1.807, 2.05) is 0 Å². The van der Waals surface area contributed by atoms with E-state index >= 15 is 0 Å². The number of carbonyl (C=O) groups excluding carboxylic acids is 2. The Morgan fingerprint density at radius 2 is 1.97 bits per heavy atom. The number of aliphatic imine (C=N–C) groups is 1. The van der Waals surface area contributed by atoms with Crippen LogP contribution in [0.1, 0.15) is 29.3 Å². The van der Waals surface area contributed by atoms with E-state index in [1.54, 1.807) is 0 Å². The summed E-state index contributed by atoms with van der Waals surface area (Å²) in [5.74, 6) is -1.34. The number of ether oxygens (including phenoxy) is 2. The molecule has 0 radical (unpaired) electrons. The van der Waals surface area contributed by atoms with Crippen LogP contribution in [0.4, 0.5) is 23.2 Å². The molecule has 2 unspecified atom stereocenters. The van der Waals surface area contributed by atoms with E-state index in [0.717, 1.165) is 6.07 Å². The molecule has 1 saturated heterocycles. The van der Waals surface area contributed by atoms with Crippen molar-refractivity contribution >= 4 is 23.2 Å². The zero-order valence-corrected chi connectivity index (χ0v) is 18.7. The fourth-order valence-corrected chi connectivity index (χ4v) is 3.62. The molecule has 5 N–H and O–H groups in total. The first kappa shape index (κ1) is 25.9. The zero-order chi connectivity index (χ0) is 25.8. The number of hydrogen-bond acceptors (Lipinski definition) is 6. The van der Waals surface area contributed by atoms with Crippen molar-refractivity contribution < 1.29 is 36.6 Å². The summed E-state index contributed by atoms with van der Waals surface area (Å²) in [7, 11) is 1.35. The largest absolute Gasteiger partial charge is 0.489 e. The summed E-state index contributed by atoms with van der Waals surface area (Å²) >= 11 is 0. The smallest absolute Gasteiger partial charge is 0.423 e. The van der Waals surface area contributed by atoms with Crippen molar-refractivity contribution in [3.05, 3.63) is 59.2 Å². The molecule has 1 fully saturated rings. The first-order valence-corrected chi connectivity index (χ1v) is 10.5. The maximum atomic E-state index is 13.9. The fourth-order valence-electron chi connectivity index (χ4n) is 3.62. The number of anilines is 1. The molecular weight excluding hydrogens is 472 g/mol. The Labute approximate surface area is 198 Å². The van der Waals surface area contributed by atoms with E-state index in [0.29, 0.717) is 0 Å². The molecular formula is C23H24F4N4O4. The minimum Gasteiger partial charge on any atom is -0.489 e. The Morgan fingerprint density at radius 3 is 2.57 bits per heavy atom. The highest BCUT2D eigenvalue weighted by molar-refractivity contribution is 6.46. The van der Waals surface area contributed by atoms with Gasteiger partial charge in [-0.05, 0) is 23.8 Å². The molecule has 0 spiro atoms. The Morgan fingerprint density at radius 1 is 1.26 bits per heavy atom. The van der Waals surface area contributed by atoms with Gasteiger partial charge in [-0.25, -0.2) is 4.39 Å². The predicted octanol–water partition coefficient (Wildman–Crippen LogP) is 2.60. The van der Waals surface area contributed by atoms with Gasteiger partial charge in [0.25, 0.3) is 5.91 Å². The van der Waals surface area contributed by atoms with Gasteiger partial charge in [0.1, 0.15) is 23.6 Å². The van der Waals surface area contributed by atoms with E-state index in [2.05, 4.69) is 10.3 Å². The summed E-state index contributed by atoms with van der Waals surface area (Å²) in [6.45, 7) is -0.220. The van der Waals surface area contributed by atoms with Crippen LogP contribution < -0.4 is 21.5 Å². The van der Waals surface area contributed by atoms with Gasteiger partial charge in [0.15, 0.2) is 0 Å². The maximum absolute atomic E-state index is 13.9. The second-order valence-electron chi connectivity index (χ2n) is 7.92. The lowest BCUT2D eigenvalue weighted by Crippen LogP contribution is -2.59. The third kappa shape index (κ3) is 5.70. The number of alkyl halides is 4. The van der Waals surface area contributed by atoms with Crippen molar-refractivity contribution in [2.45, 2.75) is 30.9 Å². The summed E-state index contributed by atoms with van der Waals surface area (Å²) in [6, 6.07) is 9.37. The molecule has 2 aromatic rings. The molecule has 12 heteroatoms. The topological polar surface area (TPSA) is 129 Å². The molecule has 2 atom stereocenters. The lowest BCUT2D eigenvalue weighted by Gasteiger charge is -2.25. The number of amides is 2.